The fourth-order valence-electron chi connectivity index (χ4n) is 3.95. The Morgan fingerprint density at radius 2 is 1.71 bits per heavy atom. The summed E-state index contributed by atoms with van der Waals surface area (Å²) in [5.41, 5.74) is 3.88. The van der Waals surface area contributed by atoms with Crippen LogP contribution in [0.15, 0.2) is 70.9 Å². The standard InChI is InChI=1S/C28H26BrNO4/c1-4-30(5-2)22-12-6-19(7-13-22)15-26-28(32)27-18(3)14-23(16-25(27)34-26)33-17-24(31)20-8-10-21(29)11-9-20/h6-16H,4-5,17H2,1-3H3/b26-15-. The lowest BCUT2D eigenvalue weighted by molar-refractivity contribution is 0.0920. The van der Waals surface area contributed by atoms with Crippen molar-refractivity contribution < 1.29 is 19.1 Å². The maximum atomic E-state index is 13.0. The summed E-state index contributed by atoms with van der Waals surface area (Å²) in [6, 6.07) is 18.6. The molecule has 0 aromatic heterocycles. The van der Waals surface area contributed by atoms with E-state index in [0.29, 0.717) is 22.6 Å². The van der Waals surface area contributed by atoms with Gasteiger partial charge < -0.3 is 14.4 Å². The van der Waals surface area contributed by atoms with E-state index in [2.05, 4.69) is 34.7 Å². The highest BCUT2D eigenvalue weighted by Gasteiger charge is 2.30. The largest absolute Gasteiger partial charge is 0.485 e. The number of hydrogen-bond donors (Lipinski definition) is 0. The minimum atomic E-state index is -0.155. The van der Waals surface area contributed by atoms with E-state index >= 15 is 0 Å². The van der Waals surface area contributed by atoms with Crippen molar-refractivity contribution in [1.82, 2.24) is 0 Å². The van der Waals surface area contributed by atoms with Gasteiger partial charge in [0.15, 0.2) is 18.1 Å². The van der Waals surface area contributed by atoms with Crippen LogP contribution in [0.1, 0.15) is 45.7 Å². The van der Waals surface area contributed by atoms with Crippen molar-refractivity contribution in [2.45, 2.75) is 20.8 Å². The summed E-state index contributed by atoms with van der Waals surface area (Å²) >= 11 is 3.36. The summed E-state index contributed by atoms with van der Waals surface area (Å²) in [5.74, 6) is 0.924. The Morgan fingerprint density at radius 3 is 2.35 bits per heavy atom. The molecule has 0 spiro atoms. The number of Topliss-reactive ketones (excluding diaryl/α,β-unsaturated/α-hetero) is 2. The van der Waals surface area contributed by atoms with Crippen molar-refractivity contribution in [2.24, 2.45) is 0 Å². The molecule has 3 aromatic carbocycles. The minimum Gasteiger partial charge on any atom is -0.485 e. The third-order valence-corrected chi connectivity index (χ3v) is 6.33. The van der Waals surface area contributed by atoms with Crippen molar-refractivity contribution in [3.63, 3.8) is 0 Å². The van der Waals surface area contributed by atoms with Crippen molar-refractivity contribution in [3.05, 3.63) is 93.1 Å². The Balaban J connectivity index is 1.48. The second-order valence-electron chi connectivity index (χ2n) is 8.04. The molecule has 0 amide bonds. The zero-order chi connectivity index (χ0) is 24.2. The van der Waals surface area contributed by atoms with Crippen LogP contribution < -0.4 is 14.4 Å². The van der Waals surface area contributed by atoms with Crippen molar-refractivity contribution >= 4 is 39.3 Å². The van der Waals surface area contributed by atoms with E-state index < -0.39 is 0 Å². The molecule has 0 saturated carbocycles. The molecule has 3 aromatic rings. The van der Waals surface area contributed by atoms with Crippen LogP contribution in [0.2, 0.25) is 0 Å². The van der Waals surface area contributed by atoms with Crippen LogP contribution in [0, 0.1) is 6.92 Å². The molecule has 0 aliphatic carbocycles. The normalized spacial score (nSPS) is 13.5. The van der Waals surface area contributed by atoms with Gasteiger partial charge in [0.25, 0.3) is 0 Å². The zero-order valence-corrected chi connectivity index (χ0v) is 21.0. The van der Waals surface area contributed by atoms with Gasteiger partial charge in [-0.1, -0.05) is 40.2 Å². The minimum absolute atomic E-state index is 0.102. The predicted molar refractivity (Wildman–Crippen MR) is 138 cm³/mol. The van der Waals surface area contributed by atoms with Crippen LogP contribution in [0.25, 0.3) is 6.08 Å². The van der Waals surface area contributed by atoms with Gasteiger partial charge in [-0.3, -0.25) is 9.59 Å². The van der Waals surface area contributed by atoms with E-state index in [1.54, 1.807) is 30.3 Å². The van der Waals surface area contributed by atoms with Gasteiger partial charge in [-0.25, -0.2) is 0 Å². The number of anilines is 1. The van der Waals surface area contributed by atoms with Crippen LogP contribution in [0.5, 0.6) is 11.5 Å². The summed E-state index contributed by atoms with van der Waals surface area (Å²) in [7, 11) is 0. The van der Waals surface area contributed by atoms with E-state index in [1.807, 2.05) is 43.3 Å². The highest BCUT2D eigenvalue weighted by atomic mass is 79.9. The first-order valence-corrected chi connectivity index (χ1v) is 12.0. The summed E-state index contributed by atoms with van der Waals surface area (Å²) in [6.45, 7) is 7.86. The molecule has 0 atom stereocenters. The second kappa shape index (κ2) is 10.3. The molecule has 1 aliphatic rings. The summed E-state index contributed by atoms with van der Waals surface area (Å²) in [4.78, 5) is 27.7. The van der Waals surface area contributed by atoms with Gasteiger partial charge in [-0.15, -0.1) is 0 Å². The molecule has 5 nitrogen and oxygen atoms in total. The number of benzene rings is 3. The molecule has 1 heterocycles. The number of aryl methyl sites for hydroxylation is 1. The molecule has 0 saturated heterocycles. The van der Waals surface area contributed by atoms with Gasteiger partial charge in [0.2, 0.25) is 5.78 Å². The number of rotatable bonds is 8. The smallest absolute Gasteiger partial charge is 0.232 e. The van der Waals surface area contributed by atoms with Crippen LogP contribution in [-0.4, -0.2) is 31.3 Å². The van der Waals surface area contributed by atoms with Crippen LogP contribution >= 0.6 is 15.9 Å². The maximum absolute atomic E-state index is 13.0. The number of ketones is 2. The van der Waals surface area contributed by atoms with Gasteiger partial charge in [0, 0.05) is 34.9 Å². The lowest BCUT2D eigenvalue weighted by Gasteiger charge is -2.20. The van der Waals surface area contributed by atoms with E-state index in [1.165, 1.54) is 0 Å². The SMILES string of the molecule is CCN(CC)c1ccc(/C=C2\Oc3cc(OCC(=O)c4ccc(Br)cc4)cc(C)c3C2=O)cc1. The van der Waals surface area contributed by atoms with Crippen LogP contribution in [0.4, 0.5) is 5.69 Å². The van der Waals surface area contributed by atoms with E-state index in [0.717, 1.165) is 34.4 Å². The molecule has 0 unspecified atom stereocenters. The van der Waals surface area contributed by atoms with Gasteiger partial charge in [0.1, 0.15) is 11.5 Å². The van der Waals surface area contributed by atoms with Gasteiger partial charge >= 0.3 is 0 Å². The number of fused-ring (bicyclic) bond motifs is 1. The Hall–Kier alpha value is -3.38. The molecule has 4 rings (SSSR count). The topological polar surface area (TPSA) is 55.8 Å². The number of hydrogen-bond acceptors (Lipinski definition) is 5. The van der Waals surface area contributed by atoms with Crippen molar-refractivity contribution in [2.75, 3.05) is 24.6 Å². The average Bonchev–Trinajstić information content (AvgIpc) is 3.15. The number of allylic oxidation sites excluding steroid dienone is 1. The van der Waals surface area contributed by atoms with E-state index in [9.17, 15) is 9.59 Å². The van der Waals surface area contributed by atoms with Crippen molar-refractivity contribution in [1.29, 1.82) is 0 Å². The Morgan fingerprint density at radius 1 is 1.03 bits per heavy atom. The third kappa shape index (κ3) is 5.07. The second-order valence-corrected chi connectivity index (χ2v) is 8.95. The van der Waals surface area contributed by atoms with Gasteiger partial charge in [-0.2, -0.15) is 0 Å². The number of halogens is 1. The van der Waals surface area contributed by atoms with Crippen molar-refractivity contribution in [3.8, 4) is 11.5 Å². The Labute approximate surface area is 208 Å². The molecule has 1 aliphatic heterocycles. The molecule has 6 heteroatoms. The summed E-state index contributed by atoms with van der Waals surface area (Å²) in [5, 5.41) is 0. The molecule has 0 radical (unpaired) electrons. The molecular formula is C28H26BrNO4. The maximum Gasteiger partial charge on any atom is 0.232 e. The number of ether oxygens (including phenoxy) is 2. The number of carbonyl (C=O) groups excluding carboxylic acids is 2. The zero-order valence-electron chi connectivity index (χ0n) is 19.4. The average molecular weight is 520 g/mol. The molecule has 174 valence electrons. The Kier molecular flexibility index (Phi) is 7.17. The highest BCUT2D eigenvalue weighted by molar-refractivity contribution is 9.10. The van der Waals surface area contributed by atoms with Crippen LogP contribution in [0.3, 0.4) is 0 Å². The van der Waals surface area contributed by atoms with Gasteiger partial charge in [-0.05, 0) is 68.3 Å². The van der Waals surface area contributed by atoms with Crippen LogP contribution in [-0.2, 0) is 0 Å². The Bertz CT molecular complexity index is 1240. The lowest BCUT2D eigenvalue weighted by atomic mass is 10.0. The summed E-state index contributed by atoms with van der Waals surface area (Å²) in [6.07, 6.45) is 1.76. The third-order valence-electron chi connectivity index (χ3n) is 5.80. The monoisotopic (exact) mass is 519 g/mol. The quantitative estimate of drug-likeness (QED) is 0.251. The molecule has 0 N–H and O–H groups in total. The summed E-state index contributed by atoms with van der Waals surface area (Å²) < 4.78 is 12.5. The first-order chi connectivity index (χ1) is 16.4. The highest BCUT2D eigenvalue weighted by Crippen LogP contribution is 2.37. The van der Waals surface area contributed by atoms with E-state index in [4.69, 9.17) is 9.47 Å². The first kappa shape index (κ1) is 23.8. The first-order valence-electron chi connectivity index (χ1n) is 11.2. The molecule has 0 fully saturated rings. The predicted octanol–water partition coefficient (Wildman–Crippen LogP) is 6.48. The molecule has 0 bridgehead atoms. The fourth-order valence-corrected chi connectivity index (χ4v) is 4.21. The number of nitrogens with zero attached hydrogens (tertiary/aromatic N) is 1. The number of carbonyl (C=O) groups is 2. The molecule has 34 heavy (non-hydrogen) atoms. The lowest BCUT2D eigenvalue weighted by Crippen LogP contribution is -2.21. The fraction of sp³-hybridized carbons (Fsp3) is 0.214. The van der Waals surface area contributed by atoms with E-state index in [-0.39, 0.29) is 23.9 Å². The molecular weight excluding hydrogens is 494 g/mol. The van der Waals surface area contributed by atoms with Gasteiger partial charge in [0.05, 0.1) is 5.56 Å².